The third-order valence-corrected chi connectivity index (χ3v) is 6.02. The summed E-state index contributed by atoms with van der Waals surface area (Å²) in [6, 6.07) is 16.6. The Balaban J connectivity index is 1.69. The van der Waals surface area contributed by atoms with E-state index in [-0.39, 0.29) is 17.9 Å². The number of aliphatic hydroxyl groups excluding tert-OH is 1. The number of benzene rings is 2. The molecule has 1 aliphatic heterocycles. The molecule has 0 saturated carbocycles. The van der Waals surface area contributed by atoms with Gasteiger partial charge in [0.25, 0.3) is 11.7 Å². The first-order valence-electron chi connectivity index (χ1n) is 11.7. The van der Waals surface area contributed by atoms with Gasteiger partial charge in [0.2, 0.25) is 0 Å². The number of methoxy groups -OCH3 is 1. The predicted octanol–water partition coefficient (Wildman–Crippen LogP) is 5.48. The number of rotatable bonds is 10. The maximum Gasteiger partial charge on any atom is 0.296 e. The fourth-order valence-corrected chi connectivity index (χ4v) is 4.15. The van der Waals surface area contributed by atoms with Crippen molar-refractivity contribution in [2.24, 2.45) is 0 Å². The zero-order valence-corrected chi connectivity index (χ0v) is 19.9. The molecule has 35 heavy (non-hydrogen) atoms. The van der Waals surface area contributed by atoms with Crippen LogP contribution in [0, 0.1) is 0 Å². The first kappa shape index (κ1) is 24.1. The molecule has 0 radical (unpaired) electrons. The summed E-state index contributed by atoms with van der Waals surface area (Å²) < 4.78 is 16.4. The number of furan rings is 1. The molecule has 0 spiro atoms. The van der Waals surface area contributed by atoms with Crippen molar-refractivity contribution in [3.05, 3.63) is 89.4 Å². The number of likely N-dealkylation sites (tertiary alicyclic amines) is 1. The van der Waals surface area contributed by atoms with Gasteiger partial charge in [-0.2, -0.15) is 0 Å². The van der Waals surface area contributed by atoms with E-state index in [1.807, 2.05) is 0 Å². The third kappa shape index (κ3) is 5.24. The van der Waals surface area contributed by atoms with Crippen LogP contribution in [0.15, 0.2) is 76.9 Å². The summed E-state index contributed by atoms with van der Waals surface area (Å²) >= 11 is 0. The van der Waals surface area contributed by atoms with Gasteiger partial charge >= 0.3 is 0 Å². The van der Waals surface area contributed by atoms with E-state index in [4.69, 9.17) is 13.9 Å². The summed E-state index contributed by atoms with van der Waals surface area (Å²) in [6.45, 7) is 2.85. The average molecular weight is 476 g/mol. The summed E-state index contributed by atoms with van der Waals surface area (Å²) in [7, 11) is 1.56. The Morgan fingerprint density at radius 1 is 1.00 bits per heavy atom. The van der Waals surface area contributed by atoms with Gasteiger partial charge < -0.3 is 23.9 Å². The molecule has 1 amide bonds. The van der Waals surface area contributed by atoms with Crippen molar-refractivity contribution < 1.29 is 28.6 Å². The first-order chi connectivity index (χ1) is 17.0. The third-order valence-electron chi connectivity index (χ3n) is 6.02. The van der Waals surface area contributed by atoms with Crippen LogP contribution in [0.2, 0.25) is 0 Å². The Morgan fingerprint density at radius 3 is 2.34 bits per heavy atom. The van der Waals surface area contributed by atoms with Crippen LogP contribution in [0.3, 0.4) is 0 Å². The molecular formula is C28H29NO6. The summed E-state index contributed by atoms with van der Waals surface area (Å²) in [4.78, 5) is 27.6. The molecule has 182 valence electrons. The maximum absolute atomic E-state index is 13.1. The number of amides is 1. The highest BCUT2D eigenvalue weighted by Crippen LogP contribution is 2.40. The number of hydrogen-bond donors (Lipinski definition) is 1. The van der Waals surface area contributed by atoms with Crippen LogP contribution in [-0.2, 0) is 16.1 Å². The molecule has 0 bridgehead atoms. The van der Waals surface area contributed by atoms with Gasteiger partial charge in [0, 0.05) is 5.56 Å². The molecule has 1 aromatic heterocycles. The summed E-state index contributed by atoms with van der Waals surface area (Å²) in [6.07, 6.45) is 4.70. The van der Waals surface area contributed by atoms with E-state index in [1.165, 1.54) is 11.2 Å². The van der Waals surface area contributed by atoms with Crippen LogP contribution in [0.5, 0.6) is 11.5 Å². The van der Waals surface area contributed by atoms with Crippen LogP contribution in [0.1, 0.15) is 49.1 Å². The van der Waals surface area contributed by atoms with E-state index in [2.05, 4.69) is 6.92 Å². The molecule has 7 heteroatoms. The molecule has 7 nitrogen and oxygen atoms in total. The molecule has 1 unspecified atom stereocenters. The SMILES string of the molecule is CCCCCOc1ccc(/C(O)=C2/C(=O)C(=O)N(Cc3ccco3)C2c2ccc(OC)cc2)cc1. The summed E-state index contributed by atoms with van der Waals surface area (Å²) in [5.74, 6) is 0.196. The molecule has 0 aliphatic carbocycles. The monoisotopic (exact) mass is 475 g/mol. The standard InChI is InChI=1S/C28H29NO6/c1-3-4-5-16-34-22-14-10-20(11-15-22)26(30)24-25(19-8-12-21(33-2)13-9-19)29(28(32)27(24)31)18-23-7-6-17-35-23/h6-15,17,25,30H,3-5,16,18H2,1-2H3/b26-24-. The van der Waals surface area contributed by atoms with Crippen LogP contribution < -0.4 is 9.47 Å². The Bertz CT molecular complexity index is 1180. The lowest BCUT2D eigenvalue weighted by Gasteiger charge is -2.24. The Morgan fingerprint density at radius 2 is 1.71 bits per heavy atom. The van der Waals surface area contributed by atoms with E-state index in [9.17, 15) is 14.7 Å². The average Bonchev–Trinajstić information content (AvgIpc) is 3.49. The lowest BCUT2D eigenvalue weighted by Crippen LogP contribution is -2.29. The van der Waals surface area contributed by atoms with Gasteiger partial charge in [-0.1, -0.05) is 31.9 Å². The largest absolute Gasteiger partial charge is 0.507 e. The number of ether oxygens (including phenoxy) is 2. The second kappa shape index (κ2) is 11.0. The van der Waals surface area contributed by atoms with Gasteiger partial charge in [-0.25, -0.2) is 0 Å². The molecule has 1 saturated heterocycles. The fourth-order valence-electron chi connectivity index (χ4n) is 4.15. The second-order valence-electron chi connectivity index (χ2n) is 8.36. The number of nitrogens with zero attached hydrogens (tertiary/aromatic N) is 1. The van der Waals surface area contributed by atoms with Gasteiger partial charge in [0.15, 0.2) is 0 Å². The smallest absolute Gasteiger partial charge is 0.296 e. The zero-order chi connectivity index (χ0) is 24.8. The minimum atomic E-state index is -0.782. The number of aliphatic hydroxyl groups is 1. The van der Waals surface area contributed by atoms with E-state index in [0.29, 0.717) is 35.0 Å². The van der Waals surface area contributed by atoms with Crippen LogP contribution >= 0.6 is 0 Å². The minimum Gasteiger partial charge on any atom is -0.507 e. The van der Waals surface area contributed by atoms with Gasteiger partial charge in [-0.05, 0) is 60.5 Å². The quantitative estimate of drug-likeness (QED) is 0.181. The lowest BCUT2D eigenvalue weighted by molar-refractivity contribution is -0.140. The van der Waals surface area contributed by atoms with E-state index in [1.54, 1.807) is 67.8 Å². The zero-order valence-electron chi connectivity index (χ0n) is 19.9. The van der Waals surface area contributed by atoms with Crippen LogP contribution in [0.4, 0.5) is 0 Å². The molecule has 1 atom stereocenters. The van der Waals surface area contributed by atoms with Crippen molar-refractivity contribution in [3.8, 4) is 11.5 Å². The summed E-state index contributed by atoms with van der Waals surface area (Å²) in [5, 5.41) is 11.2. The van der Waals surface area contributed by atoms with Crippen molar-refractivity contribution in [2.45, 2.75) is 38.8 Å². The van der Waals surface area contributed by atoms with Gasteiger partial charge in [0.05, 0.1) is 38.1 Å². The number of carbonyl (C=O) groups is 2. The normalized spacial score (nSPS) is 17.1. The van der Waals surface area contributed by atoms with E-state index in [0.717, 1.165) is 19.3 Å². The van der Waals surface area contributed by atoms with Crippen molar-refractivity contribution in [2.75, 3.05) is 13.7 Å². The topological polar surface area (TPSA) is 89.2 Å². The Hall–Kier alpha value is -4.00. The number of unbranched alkanes of at least 4 members (excludes halogenated alkanes) is 2. The Kier molecular flexibility index (Phi) is 7.55. The van der Waals surface area contributed by atoms with Gasteiger partial charge in [-0.3, -0.25) is 9.59 Å². The van der Waals surface area contributed by atoms with E-state index < -0.39 is 17.7 Å². The van der Waals surface area contributed by atoms with Crippen molar-refractivity contribution >= 4 is 17.4 Å². The molecule has 2 heterocycles. The Labute approximate surface area is 204 Å². The number of carbonyl (C=O) groups excluding carboxylic acids is 2. The van der Waals surface area contributed by atoms with Crippen LogP contribution in [0.25, 0.3) is 5.76 Å². The van der Waals surface area contributed by atoms with E-state index >= 15 is 0 Å². The molecule has 4 rings (SSSR count). The molecule has 1 aliphatic rings. The van der Waals surface area contributed by atoms with Gasteiger partial charge in [-0.15, -0.1) is 0 Å². The first-order valence-corrected chi connectivity index (χ1v) is 11.7. The van der Waals surface area contributed by atoms with Crippen LogP contribution in [-0.4, -0.2) is 35.4 Å². The molecule has 2 aromatic carbocycles. The fraction of sp³-hybridized carbons (Fsp3) is 0.286. The molecule has 1 fully saturated rings. The van der Waals surface area contributed by atoms with Crippen molar-refractivity contribution in [1.29, 1.82) is 0 Å². The van der Waals surface area contributed by atoms with Crippen molar-refractivity contribution in [1.82, 2.24) is 4.90 Å². The predicted molar refractivity (Wildman–Crippen MR) is 131 cm³/mol. The number of ketones is 1. The second-order valence-corrected chi connectivity index (χ2v) is 8.36. The maximum atomic E-state index is 13.1. The lowest BCUT2D eigenvalue weighted by atomic mass is 9.95. The minimum absolute atomic E-state index is 0.0309. The molecular weight excluding hydrogens is 446 g/mol. The number of hydrogen-bond acceptors (Lipinski definition) is 6. The molecule has 1 N–H and O–H groups in total. The summed E-state index contributed by atoms with van der Waals surface area (Å²) in [5.41, 5.74) is 1.14. The highest BCUT2D eigenvalue weighted by Gasteiger charge is 2.46. The van der Waals surface area contributed by atoms with Crippen molar-refractivity contribution in [3.63, 3.8) is 0 Å². The van der Waals surface area contributed by atoms with Gasteiger partial charge in [0.1, 0.15) is 23.0 Å². The number of Topliss-reactive ketones (excluding diaryl/α,β-unsaturated/α-hetero) is 1. The highest BCUT2D eigenvalue weighted by atomic mass is 16.5. The highest BCUT2D eigenvalue weighted by molar-refractivity contribution is 6.46. The molecule has 3 aromatic rings.